The van der Waals surface area contributed by atoms with Crippen molar-refractivity contribution < 1.29 is 19.7 Å². The fraction of sp³-hybridized carbons (Fsp3) is 0.250. The molecular weight excluding hydrogens is 270 g/mol. The summed E-state index contributed by atoms with van der Waals surface area (Å²) in [5.41, 5.74) is 3.30. The molecule has 0 radical (unpaired) electrons. The standard InChI is InChI=1S/C16H15NO4/c1-9(16(19)20)10-4-5-11-8-14-12(3-2-6-17(14)21)15(18)13(11)7-10/h2-7,9,15,18H,8H2,1H3,(H,19,20). The minimum absolute atomic E-state index is 0.438. The number of carbonyl (C=O) groups is 1. The van der Waals surface area contributed by atoms with Crippen molar-refractivity contribution in [1.82, 2.24) is 0 Å². The van der Waals surface area contributed by atoms with Gasteiger partial charge in [0.1, 0.15) is 6.10 Å². The van der Waals surface area contributed by atoms with Crippen molar-refractivity contribution in [3.8, 4) is 0 Å². The second-order valence-corrected chi connectivity index (χ2v) is 5.33. The van der Waals surface area contributed by atoms with Crippen molar-refractivity contribution in [1.29, 1.82) is 0 Å². The van der Waals surface area contributed by atoms with Gasteiger partial charge in [-0.2, -0.15) is 4.73 Å². The van der Waals surface area contributed by atoms with Gasteiger partial charge in [0.15, 0.2) is 6.20 Å². The number of nitrogens with zero attached hydrogens (tertiary/aromatic N) is 1. The van der Waals surface area contributed by atoms with Crippen molar-refractivity contribution in [2.75, 3.05) is 0 Å². The van der Waals surface area contributed by atoms with Crippen molar-refractivity contribution >= 4 is 5.97 Å². The lowest BCUT2D eigenvalue weighted by Gasteiger charge is -2.24. The average molecular weight is 285 g/mol. The largest absolute Gasteiger partial charge is 0.618 e. The summed E-state index contributed by atoms with van der Waals surface area (Å²) in [6.07, 6.45) is 0.955. The maximum absolute atomic E-state index is 11.8. The maximum atomic E-state index is 11.8. The second-order valence-electron chi connectivity index (χ2n) is 5.33. The van der Waals surface area contributed by atoms with Crippen molar-refractivity contribution in [2.24, 2.45) is 0 Å². The number of rotatable bonds is 2. The van der Waals surface area contributed by atoms with E-state index in [0.717, 1.165) is 10.3 Å². The highest BCUT2D eigenvalue weighted by molar-refractivity contribution is 5.75. The number of fused-ring (bicyclic) bond motifs is 2. The first-order valence-electron chi connectivity index (χ1n) is 6.73. The van der Waals surface area contributed by atoms with Crippen LogP contribution in [-0.2, 0) is 11.2 Å². The highest BCUT2D eigenvalue weighted by Gasteiger charge is 2.29. The first kappa shape index (κ1) is 13.6. The van der Waals surface area contributed by atoms with Gasteiger partial charge in [-0.05, 0) is 29.7 Å². The van der Waals surface area contributed by atoms with Gasteiger partial charge in [0.05, 0.1) is 17.9 Å². The van der Waals surface area contributed by atoms with E-state index in [4.69, 9.17) is 5.11 Å². The molecule has 0 spiro atoms. The molecule has 2 aromatic rings. The molecule has 0 saturated carbocycles. The molecular formula is C16H15NO4. The Bertz CT molecular complexity index is 726. The lowest BCUT2D eigenvalue weighted by Crippen LogP contribution is -2.35. The number of aliphatic hydroxyl groups excluding tert-OH is 1. The van der Waals surface area contributed by atoms with Crippen LogP contribution in [0.5, 0.6) is 0 Å². The van der Waals surface area contributed by atoms with E-state index < -0.39 is 18.0 Å². The Balaban J connectivity index is 2.08. The number of hydrogen-bond donors (Lipinski definition) is 2. The lowest BCUT2D eigenvalue weighted by molar-refractivity contribution is -0.614. The van der Waals surface area contributed by atoms with Crippen LogP contribution in [0.1, 0.15) is 46.9 Å². The Hall–Kier alpha value is -2.40. The van der Waals surface area contributed by atoms with Crippen LogP contribution in [0.3, 0.4) is 0 Å². The third-order valence-corrected chi connectivity index (χ3v) is 4.08. The fourth-order valence-corrected chi connectivity index (χ4v) is 2.76. The normalized spacial score (nSPS) is 17.7. The molecule has 2 atom stereocenters. The van der Waals surface area contributed by atoms with E-state index in [0.29, 0.717) is 28.8 Å². The number of aliphatic hydroxyl groups is 1. The molecule has 0 amide bonds. The Kier molecular flexibility index (Phi) is 3.14. The van der Waals surface area contributed by atoms with Gasteiger partial charge in [0, 0.05) is 6.07 Å². The molecule has 1 aromatic heterocycles. The number of carboxylic acids is 1. The van der Waals surface area contributed by atoms with E-state index in [9.17, 15) is 15.1 Å². The number of hydrogen-bond acceptors (Lipinski definition) is 3. The molecule has 5 nitrogen and oxygen atoms in total. The van der Waals surface area contributed by atoms with Gasteiger partial charge in [0.2, 0.25) is 5.69 Å². The molecule has 1 aliphatic rings. The van der Waals surface area contributed by atoms with Gasteiger partial charge < -0.3 is 15.4 Å². The van der Waals surface area contributed by atoms with Crippen LogP contribution in [0.25, 0.3) is 0 Å². The SMILES string of the molecule is CC(C(=O)O)c1ccc2c(c1)C(O)c1ccc[n+]([O-])c1C2. The van der Waals surface area contributed by atoms with Crippen LogP contribution >= 0.6 is 0 Å². The Labute approximate surface area is 121 Å². The molecule has 2 unspecified atom stereocenters. The molecule has 5 heteroatoms. The monoisotopic (exact) mass is 285 g/mol. The van der Waals surface area contributed by atoms with Crippen molar-refractivity contribution in [3.63, 3.8) is 0 Å². The molecule has 1 aromatic carbocycles. The summed E-state index contributed by atoms with van der Waals surface area (Å²) in [5, 5.41) is 31.4. The zero-order chi connectivity index (χ0) is 15.1. The molecule has 1 heterocycles. The van der Waals surface area contributed by atoms with E-state index in [1.807, 2.05) is 0 Å². The van der Waals surface area contributed by atoms with E-state index >= 15 is 0 Å². The molecule has 2 N–H and O–H groups in total. The topological polar surface area (TPSA) is 84.5 Å². The zero-order valence-electron chi connectivity index (χ0n) is 11.5. The molecule has 0 fully saturated rings. The quantitative estimate of drug-likeness (QED) is 0.647. The van der Waals surface area contributed by atoms with Gasteiger partial charge in [-0.1, -0.05) is 18.2 Å². The van der Waals surface area contributed by atoms with E-state index in [1.165, 1.54) is 6.20 Å². The molecule has 21 heavy (non-hydrogen) atoms. The van der Waals surface area contributed by atoms with Crippen LogP contribution in [0.15, 0.2) is 36.5 Å². The van der Waals surface area contributed by atoms with E-state index in [2.05, 4.69) is 0 Å². The van der Waals surface area contributed by atoms with Crippen LogP contribution in [0.2, 0.25) is 0 Å². The van der Waals surface area contributed by atoms with Crippen LogP contribution in [0.4, 0.5) is 0 Å². The van der Waals surface area contributed by atoms with Crippen LogP contribution in [0, 0.1) is 5.21 Å². The highest BCUT2D eigenvalue weighted by Crippen LogP contribution is 2.34. The van der Waals surface area contributed by atoms with Gasteiger partial charge >= 0.3 is 5.97 Å². The summed E-state index contributed by atoms with van der Waals surface area (Å²) in [7, 11) is 0. The Morgan fingerprint density at radius 3 is 2.86 bits per heavy atom. The highest BCUT2D eigenvalue weighted by atomic mass is 16.5. The summed E-state index contributed by atoms with van der Waals surface area (Å²) in [6.45, 7) is 1.61. The number of carboxylic acid groups (broad SMARTS) is 1. The average Bonchev–Trinajstić information content (AvgIpc) is 2.47. The Morgan fingerprint density at radius 2 is 2.14 bits per heavy atom. The van der Waals surface area contributed by atoms with E-state index in [-0.39, 0.29) is 0 Å². The van der Waals surface area contributed by atoms with Gasteiger partial charge in [0.25, 0.3) is 0 Å². The van der Waals surface area contributed by atoms with Crippen LogP contribution in [-0.4, -0.2) is 16.2 Å². The first-order chi connectivity index (χ1) is 9.99. The maximum Gasteiger partial charge on any atom is 0.310 e. The Morgan fingerprint density at radius 1 is 1.38 bits per heavy atom. The van der Waals surface area contributed by atoms with Crippen molar-refractivity contribution in [2.45, 2.75) is 25.4 Å². The molecule has 3 rings (SSSR count). The lowest BCUT2D eigenvalue weighted by atomic mass is 9.84. The molecule has 1 aliphatic carbocycles. The predicted octanol–water partition coefficient (Wildman–Crippen LogP) is 1.49. The summed E-state index contributed by atoms with van der Waals surface area (Å²) >= 11 is 0. The van der Waals surface area contributed by atoms with Crippen molar-refractivity contribution in [3.05, 3.63) is 69.7 Å². The van der Waals surface area contributed by atoms with E-state index in [1.54, 1.807) is 37.3 Å². The number of aliphatic carboxylic acids is 1. The third-order valence-electron chi connectivity index (χ3n) is 4.08. The minimum Gasteiger partial charge on any atom is -0.618 e. The van der Waals surface area contributed by atoms with Gasteiger partial charge in [-0.3, -0.25) is 4.79 Å². The first-order valence-corrected chi connectivity index (χ1v) is 6.73. The summed E-state index contributed by atoms with van der Waals surface area (Å²) in [6, 6.07) is 8.59. The van der Waals surface area contributed by atoms with Crippen LogP contribution < -0.4 is 4.73 Å². The molecule has 0 aliphatic heterocycles. The fourth-order valence-electron chi connectivity index (χ4n) is 2.76. The molecule has 0 bridgehead atoms. The summed E-state index contributed by atoms with van der Waals surface area (Å²) in [5.74, 6) is -1.54. The number of benzene rings is 1. The zero-order valence-corrected chi connectivity index (χ0v) is 11.5. The summed E-state index contributed by atoms with van der Waals surface area (Å²) < 4.78 is 0.773. The predicted molar refractivity (Wildman–Crippen MR) is 74.8 cm³/mol. The van der Waals surface area contributed by atoms with Gasteiger partial charge in [-0.15, -0.1) is 0 Å². The number of aromatic nitrogens is 1. The minimum atomic E-state index is -0.905. The second kappa shape index (κ2) is 4.86. The molecule has 108 valence electrons. The number of pyridine rings is 1. The third kappa shape index (κ3) is 2.15. The van der Waals surface area contributed by atoms with Gasteiger partial charge in [-0.25, -0.2) is 0 Å². The molecule has 0 saturated heterocycles. The summed E-state index contributed by atoms with van der Waals surface area (Å²) in [4.78, 5) is 11.1. The smallest absolute Gasteiger partial charge is 0.310 e.